The summed E-state index contributed by atoms with van der Waals surface area (Å²) in [6.45, 7) is 7.93. The summed E-state index contributed by atoms with van der Waals surface area (Å²) in [7, 11) is 0. The summed E-state index contributed by atoms with van der Waals surface area (Å²) in [5.41, 5.74) is 1.15. The fraction of sp³-hybridized carbons (Fsp3) is 0.333. The van der Waals surface area contributed by atoms with Crippen molar-refractivity contribution in [2.45, 2.75) is 20.3 Å². The highest BCUT2D eigenvalue weighted by molar-refractivity contribution is 9.11. The first-order valence-corrected chi connectivity index (χ1v) is 4.17. The molecule has 1 heteroatoms. The maximum absolute atomic E-state index is 3.84. The zero-order valence-electron chi connectivity index (χ0n) is 6.52. The second-order valence-corrected chi connectivity index (χ2v) is 2.93. The van der Waals surface area contributed by atoms with Crippen molar-refractivity contribution in [3.05, 3.63) is 34.9 Å². The van der Waals surface area contributed by atoms with E-state index in [-0.39, 0.29) is 0 Å². The molecule has 0 aliphatic rings. The van der Waals surface area contributed by atoms with E-state index >= 15 is 0 Å². The third-order valence-corrected chi connectivity index (χ3v) is 1.93. The molecule has 0 aromatic heterocycles. The molecule has 0 heterocycles. The summed E-state index contributed by atoms with van der Waals surface area (Å²) < 4.78 is 1.10. The Balaban J connectivity index is 3.88. The molecular weight excluding hydrogens is 188 g/mol. The van der Waals surface area contributed by atoms with Crippen LogP contribution in [0.15, 0.2) is 34.9 Å². The number of allylic oxidation sites excluding steroid dienone is 5. The molecule has 0 N–H and O–H groups in total. The predicted octanol–water partition coefficient (Wildman–Crippen LogP) is 3.81. The fourth-order valence-corrected chi connectivity index (χ4v) is 0.544. The highest BCUT2D eigenvalue weighted by Crippen LogP contribution is 2.08. The van der Waals surface area contributed by atoms with Crippen molar-refractivity contribution in [3.63, 3.8) is 0 Å². The minimum absolute atomic E-state index is 1.01. The monoisotopic (exact) mass is 200 g/mol. The second-order valence-electron chi connectivity index (χ2n) is 2.02. The van der Waals surface area contributed by atoms with Crippen molar-refractivity contribution in [1.82, 2.24) is 0 Å². The first-order valence-electron chi connectivity index (χ1n) is 3.38. The van der Waals surface area contributed by atoms with E-state index in [1.54, 1.807) is 0 Å². The molecule has 0 aromatic carbocycles. The normalized spacial score (nSPS) is 12.5. The van der Waals surface area contributed by atoms with Crippen LogP contribution in [0.2, 0.25) is 0 Å². The Hall–Kier alpha value is -0.300. The van der Waals surface area contributed by atoms with Gasteiger partial charge in [-0.2, -0.15) is 0 Å². The quantitative estimate of drug-likeness (QED) is 0.609. The molecule has 0 rings (SSSR count). The van der Waals surface area contributed by atoms with Crippen molar-refractivity contribution < 1.29 is 0 Å². The number of rotatable bonds is 3. The summed E-state index contributed by atoms with van der Waals surface area (Å²) >= 11 is 3.37. The van der Waals surface area contributed by atoms with Crippen LogP contribution in [0, 0.1) is 0 Å². The van der Waals surface area contributed by atoms with Gasteiger partial charge in [0.05, 0.1) is 0 Å². The van der Waals surface area contributed by atoms with Crippen LogP contribution in [-0.4, -0.2) is 0 Å². The summed E-state index contributed by atoms with van der Waals surface area (Å²) in [6, 6.07) is 0. The van der Waals surface area contributed by atoms with Crippen molar-refractivity contribution in [2.75, 3.05) is 0 Å². The molecule has 0 saturated heterocycles. The molecule has 0 fully saturated rings. The van der Waals surface area contributed by atoms with Gasteiger partial charge in [0.1, 0.15) is 0 Å². The molecular formula is C9H13Br. The lowest BCUT2D eigenvalue weighted by atomic mass is 10.2. The van der Waals surface area contributed by atoms with Crippen LogP contribution in [0.25, 0.3) is 0 Å². The van der Waals surface area contributed by atoms with Gasteiger partial charge in [0.15, 0.2) is 0 Å². The van der Waals surface area contributed by atoms with Crippen molar-refractivity contribution in [3.8, 4) is 0 Å². The number of halogens is 1. The van der Waals surface area contributed by atoms with Crippen LogP contribution < -0.4 is 0 Å². The fourth-order valence-electron chi connectivity index (χ4n) is 0.412. The van der Waals surface area contributed by atoms with Crippen LogP contribution in [0.4, 0.5) is 0 Å². The lowest BCUT2D eigenvalue weighted by Gasteiger charge is -1.90. The molecule has 56 valence electrons. The lowest BCUT2D eigenvalue weighted by Crippen LogP contribution is -1.68. The van der Waals surface area contributed by atoms with Gasteiger partial charge >= 0.3 is 0 Å². The molecule has 0 aromatic rings. The highest BCUT2D eigenvalue weighted by atomic mass is 79.9. The Kier molecular flexibility index (Phi) is 5.32. The SMILES string of the molecule is C=C(/C=C\C(Br)=C/C)CC. The van der Waals surface area contributed by atoms with Crippen molar-refractivity contribution in [2.24, 2.45) is 0 Å². The van der Waals surface area contributed by atoms with Gasteiger partial charge in [-0.3, -0.25) is 0 Å². The minimum atomic E-state index is 1.01. The van der Waals surface area contributed by atoms with Gasteiger partial charge in [0, 0.05) is 4.48 Å². The van der Waals surface area contributed by atoms with Crippen molar-refractivity contribution in [1.29, 1.82) is 0 Å². The summed E-state index contributed by atoms with van der Waals surface area (Å²) in [6.07, 6.45) is 7.04. The van der Waals surface area contributed by atoms with Crippen LogP contribution in [0.5, 0.6) is 0 Å². The molecule has 0 unspecified atom stereocenters. The molecule has 0 amide bonds. The van der Waals surface area contributed by atoms with E-state index in [4.69, 9.17) is 0 Å². The molecule has 0 bridgehead atoms. The molecule has 10 heavy (non-hydrogen) atoms. The zero-order chi connectivity index (χ0) is 7.98. The molecule has 0 atom stereocenters. The average Bonchev–Trinajstić information content (AvgIpc) is 1.99. The smallest absolute Gasteiger partial charge is 0.0132 e. The Morgan fingerprint density at radius 2 is 2.10 bits per heavy atom. The zero-order valence-corrected chi connectivity index (χ0v) is 8.11. The Bertz CT molecular complexity index is 164. The van der Waals surface area contributed by atoms with E-state index in [1.165, 1.54) is 0 Å². The van der Waals surface area contributed by atoms with E-state index in [0.29, 0.717) is 0 Å². The molecule has 0 aliphatic heterocycles. The molecule has 0 radical (unpaired) electrons. The number of hydrogen-bond donors (Lipinski definition) is 0. The van der Waals surface area contributed by atoms with Gasteiger partial charge < -0.3 is 0 Å². The average molecular weight is 201 g/mol. The summed E-state index contributed by atoms with van der Waals surface area (Å²) in [4.78, 5) is 0. The van der Waals surface area contributed by atoms with Crippen LogP contribution in [0.1, 0.15) is 20.3 Å². The predicted molar refractivity (Wildman–Crippen MR) is 51.3 cm³/mol. The maximum atomic E-state index is 3.84. The van der Waals surface area contributed by atoms with Gasteiger partial charge in [-0.05, 0) is 19.4 Å². The van der Waals surface area contributed by atoms with Crippen LogP contribution >= 0.6 is 15.9 Å². The second kappa shape index (κ2) is 5.48. The third kappa shape index (κ3) is 4.57. The van der Waals surface area contributed by atoms with Crippen molar-refractivity contribution >= 4 is 15.9 Å². The van der Waals surface area contributed by atoms with E-state index < -0.39 is 0 Å². The highest BCUT2D eigenvalue weighted by Gasteiger charge is 1.82. The van der Waals surface area contributed by atoms with E-state index in [0.717, 1.165) is 16.5 Å². The Labute approximate surface area is 71.5 Å². The largest absolute Gasteiger partial charge is 0.0958 e. The van der Waals surface area contributed by atoms with E-state index in [2.05, 4.69) is 29.4 Å². The van der Waals surface area contributed by atoms with Gasteiger partial charge in [-0.1, -0.05) is 47.2 Å². The number of hydrogen-bond acceptors (Lipinski definition) is 0. The Morgan fingerprint density at radius 3 is 2.50 bits per heavy atom. The van der Waals surface area contributed by atoms with Gasteiger partial charge in [0.25, 0.3) is 0 Å². The lowest BCUT2D eigenvalue weighted by molar-refractivity contribution is 1.16. The first kappa shape index (κ1) is 9.70. The molecule has 0 aliphatic carbocycles. The maximum Gasteiger partial charge on any atom is 0.0132 e. The summed E-state index contributed by atoms with van der Waals surface area (Å²) in [5, 5.41) is 0. The van der Waals surface area contributed by atoms with Crippen LogP contribution in [0.3, 0.4) is 0 Å². The van der Waals surface area contributed by atoms with E-state index in [1.807, 2.05) is 25.2 Å². The molecule has 0 nitrogen and oxygen atoms in total. The standard InChI is InChI=1S/C9H13Br/c1-4-8(3)6-7-9(10)5-2/h5-7H,3-4H2,1-2H3/b7-6-,9-5+. The molecule has 0 saturated carbocycles. The van der Waals surface area contributed by atoms with Crippen LogP contribution in [-0.2, 0) is 0 Å². The summed E-state index contributed by atoms with van der Waals surface area (Å²) in [5.74, 6) is 0. The van der Waals surface area contributed by atoms with Gasteiger partial charge in [-0.25, -0.2) is 0 Å². The van der Waals surface area contributed by atoms with E-state index in [9.17, 15) is 0 Å². The van der Waals surface area contributed by atoms with Gasteiger partial charge in [0.2, 0.25) is 0 Å². The third-order valence-electron chi connectivity index (χ3n) is 1.21. The van der Waals surface area contributed by atoms with Gasteiger partial charge in [-0.15, -0.1) is 0 Å². The Morgan fingerprint density at radius 1 is 1.50 bits per heavy atom. The topological polar surface area (TPSA) is 0 Å². The minimum Gasteiger partial charge on any atom is -0.0958 e. The first-order chi connectivity index (χ1) is 4.70. The molecule has 0 spiro atoms.